The average Bonchev–Trinajstić information content (AvgIpc) is 2.57. The number of H-pyrrole nitrogens is 1. The molecule has 3 rings (SSSR count). The lowest BCUT2D eigenvalue weighted by atomic mass is 10.00. The van der Waals surface area contributed by atoms with Crippen LogP contribution in [0, 0.1) is 11.3 Å². The highest BCUT2D eigenvalue weighted by molar-refractivity contribution is 5.45. The highest BCUT2D eigenvalue weighted by Crippen LogP contribution is 2.38. The van der Waals surface area contributed by atoms with E-state index in [4.69, 9.17) is 19.5 Å². The molecule has 0 aliphatic carbocycles. The van der Waals surface area contributed by atoms with E-state index in [1.807, 2.05) is 6.07 Å². The van der Waals surface area contributed by atoms with Gasteiger partial charge in [0, 0.05) is 17.7 Å². The molecular weight excluding hydrogens is 302 g/mol. The van der Waals surface area contributed by atoms with Crippen LogP contribution in [-0.4, -0.2) is 23.0 Å². The molecule has 116 valence electrons. The van der Waals surface area contributed by atoms with Gasteiger partial charge in [0.05, 0.1) is 18.1 Å². The fourth-order valence-electron chi connectivity index (χ4n) is 2.27. The summed E-state index contributed by atoms with van der Waals surface area (Å²) in [6.45, 7) is 0.300. The first-order valence-corrected chi connectivity index (χ1v) is 6.72. The van der Waals surface area contributed by atoms with Gasteiger partial charge in [-0.3, -0.25) is 9.59 Å². The normalized spacial score (nSPS) is 18.9. The van der Waals surface area contributed by atoms with Crippen molar-refractivity contribution in [3.8, 4) is 17.7 Å². The van der Waals surface area contributed by atoms with Crippen LogP contribution in [0.4, 0.5) is 0 Å². The van der Waals surface area contributed by atoms with Crippen molar-refractivity contribution < 1.29 is 19.0 Å². The Balaban J connectivity index is 1.93. The first-order valence-electron chi connectivity index (χ1n) is 6.72. The maximum atomic E-state index is 11.0. The molecule has 2 atom stereocenters. The second-order valence-electron chi connectivity index (χ2n) is 4.75. The van der Waals surface area contributed by atoms with E-state index in [9.17, 15) is 9.59 Å². The van der Waals surface area contributed by atoms with Gasteiger partial charge in [0.1, 0.15) is 11.9 Å². The molecule has 1 aliphatic heterocycles. The number of benzene rings is 1. The standard InChI is InChI=1S/C15H11N3O5/c16-7-9-1-2-11-10(5-9)12(6-15(23-11)21-8-19)22-14-4-3-13(20)17-18-14/h1-5,8,12,15H,6H2,(H,17,20). The summed E-state index contributed by atoms with van der Waals surface area (Å²) in [4.78, 5) is 21.6. The van der Waals surface area contributed by atoms with Crippen LogP contribution in [0.1, 0.15) is 23.7 Å². The lowest BCUT2D eigenvalue weighted by molar-refractivity contribution is -0.153. The van der Waals surface area contributed by atoms with E-state index in [-0.39, 0.29) is 17.9 Å². The molecule has 1 aromatic heterocycles. The van der Waals surface area contributed by atoms with Crippen LogP contribution >= 0.6 is 0 Å². The molecule has 23 heavy (non-hydrogen) atoms. The van der Waals surface area contributed by atoms with E-state index in [2.05, 4.69) is 10.2 Å². The number of rotatable bonds is 4. The molecule has 0 amide bonds. The molecule has 1 N–H and O–H groups in total. The number of nitrogens with zero attached hydrogens (tertiary/aromatic N) is 2. The lowest BCUT2D eigenvalue weighted by Crippen LogP contribution is -2.30. The Morgan fingerprint density at radius 3 is 2.96 bits per heavy atom. The predicted octanol–water partition coefficient (Wildman–Crippen LogP) is 1.04. The minimum Gasteiger partial charge on any atom is -0.468 e. The molecule has 0 spiro atoms. The molecule has 0 saturated carbocycles. The van der Waals surface area contributed by atoms with Crippen LogP contribution in [0.15, 0.2) is 35.1 Å². The molecule has 1 aliphatic rings. The van der Waals surface area contributed by atoms with Gasteiger partial charge >= 0.3 is 0 Å². The summed E-state index contributed by atoms with van der Waals surface area (Å²) in [5, 5.41) is 15.1. The van der Waals surface area contributed by atoms with Gasteiger partial charge in [-0.2, -0.15) is 5.26 Å². The molecular formula is C15H11N3O5. The van der Waals surface area contributed by atoms with E-state index in [1.54, 1.807) is 18.2 Å². The summed E-state index contributed by atoms with van der Waals surface area (Å²) in [5.41, 5.74) is 0.742. The Morgan fingerprint density at radius 2 is 2.26 bits per heavy atom. The third kappa shape index (κ3) is 3.13. The van der Waals surface area contributed by atoms with Gasteiger partial charge in [0.2, 0.25) is 12.2 Å². The van der Waals surface area contributed by atoms with Crippen LogP contribution in [0.3, 0.4) is 0 Å². The smallest absolute Gasteiger partial charge is 0.296 e. The maximum Gasteiger partial charge on any atom is 0.296 e. The Kier molecular flexibility index (Phi) is 3.93. The van der Waals surface area contributed by atoms with Crippen LogP contribution in [0.25, 0.3) is 0 Å². The number of ether oxygens (including phenoxy) is 3. The van der Waals surface area contributed by atoms with E-state index in [0.717, 1.165) is 0 Å². The highest BCUT2D eigenvalue weighted by atomic mass is 16.7. The molecule has 1 aromatic carbocycles. The van der Waals surface area contributed by atoms with Crippen molar-refractivity contribution in [2.75, 3.05) is 0 Å². The molecule has 0 bridgehead atoms. The van der Waals surface area contributed by atoms with E-state index >= 15 is 0 Å². The van der Waals surface area contributed by atoms with Crippen molar-refractivity contribution in [1.82, 2.24) is 10.2 Å². The summed E-state index contributed by atoms with van der Waals surface area (Å²) in [6, 6.07) is 9.61. The van der Waals surface area contributed by atoms with Crippen molar-refractivity contribution >= 4 is 6.47 Å². The quantitative estimate of drug-likeness (QED) is 0.839. The summed E-state index contributed by atoms with van der Waals surface area (Å²) in [7, 11) is 0. The van der Waals surface area contributed by atoms with E-state index < -0.39 is 12.4 Å². The molecule has 0 radical (unpaired) electrons. The van der Waals surface area contributed by atoms with Gasteiger partial charge < -0.3 is 14.2 Å². The van der Waals surface area contributed by atoms with Gasteiger partial charge in [0.15, 0.2) is 0 Å². The number of fused-ring (bicyclic) bond motifs is 1. The van der Waals surface area contributed by atoms with Gasteiger partial charge in [0.25, 0.3) is 12.0 Å². The first kappa shape index (κ1) is 14.6. The maximum absolute atomic E-state index is 11.0. The minimum atomic E-state index is -0.805. The van der Waals surface area contributed by atoms with Gasteiger partial charge in [-0.25, -0.2) is 5.10 Å². The van der Waals surface area contributed by atoms with E-state index in [0.29, 0.717) is 23.3 Å². The predicted molar refractivity (Wildman–Crippen MR) is 75.6 cm³/mol. The van der Waals surface area contributed by atoms with Crippen LogP contribution in [0.2, 0.25) is 0 Å². The molecule has 2 aromatic rings. The van der Waals surface area contributed by atoms with Crippen LogP contribution in [0.5, 0.6) is 11.6 Å². The number of aromatic nitrogens is 2. The molecule has 8 heteroatoms. The van der Waals surface area contributed by atoms with Gasteiger partial charge in [-0.05, 0) is 18.2 Å². The van der Waals surface area contributed by atoms with Gasteiger partial charge in [-0.1, -0.05) is 0 Å². The number of nitrogens with one attached hydrogen (secondary N) is 1. The Morgan fingerprint density at radius 1 is 1.39 bits per heavy atom. The highest BCUT2D eigenvalue weighted by Gasteiger charge is 2.31. The zero-order valence-corrected chi connectivity index (χ0v) is 11.8. The number of carbonyl (C=O) groups is 1. The van der Waals surface area contributed by atoms with Gasteiger partial charge in [-0.15, -0.1) is 5.10 Å². The number of nitriles is 1. The monoisotopic (exact) mass is 313 g/mol. The Labute approximate surface area is 130 Å². The third-order valence-corrected chi connectivity index (χ3v) is 3.27. The SMILES string of the molecule is N#Cc1ccc2c(c1)C(Oc1ccc(=O)[nH]n1)CC(OC=O)O2. The number of carbonyl (C=O) groups excluding carboxylic acids is 1. The fraction of sp³-hybridized carbons (Fsp3) is 0.200. The number of aromatic amines is 1. The second kappa shape index (κ2) is 6.19. The number of hydrogen-bond acceptors (Lipinski definition) is 7. The summed E-state index contributed by atoms with van der Waals surface area (Å²) >= 11 is 0. The summed E-state index contributed by atoms with van der Waals surface area (Å²) < 4.78 is 16.1. The van der Waals surface area contributed by atoms with Crippen molar-refractivity contribution in [1.29, 1.82) is 5.26 Å². The molecule has 0 fully saturated rings. The Bertz CT molecular complexity index is 806. The molecule has 2 heterocycles. The van der Waals surface area contributed by atoms with E-state index in [1.165, 1.54) is 12.1 Å². The van der Waals surface area contributed by atoms with Crippen molar-refractivity contribution in [3.05, 3.63) is 51.8 Å². The lowest BCUT2D eigenvalue weighted by Gasteiger charge is -2.30. The molecule has 2 unspecified atom stereocenters. The molecule has 0 saturated heterocycles. The zero-order valence-electron chi connectivity index (χ0n) is 11.8. The zero-order chi connectivity index (χ0) is 16.2. The van der Waals surface area contributed by atoms with Crippen molar-refractivity contribution in [3.63, 3.8) is 0 Å². The largest absolute Gasteiger partial charge is 0.468 e. The summed E-state index contributed by atoms with van der Waals surface area (Å²) in [6.07, 6.45) is -1.13. The fourth-order valence-corrected chi connectivity index (χ4v) is 2.27. The minimum absolute atomic E-state index is 0.203. The number of hydrogen-bond donors (Lipinski definition) is 1. The van der Waals surface area contributed by atoms with Crippen LogP contribution < -0.4 is 15.0 Å². The van der Waals surface area contributed by atoms with Crippen LogP contribution in [-0.2, 0) is 9.53 Å². The third-order valence-electron chi connectivity index (χ3n) is 3.27. The molecule has 8 nitrogen and oxygen atoms in total. The van der Waals surface area contributed by atoms with Crippen molar-refractivity contribution in [2.24, 2.45) is 0 Å². The van der Waals surface area contributed by atoms with Crippen molar-refractivity contribution in [2.45, 2.75) is 18.8 Å². The average molecular weight is 313 g/mol. The second-order valence-corrected chi connectivity index (χ2v) is 4.75. The first-order chi connectivity index (χ1) is 11.2. The summed E-state index contributed by atoms with van der Waals surface area (Å²) in [5.74, 6) is 0.659. The Hall–Kier alpha value is -3.34. The topological polar surface area (TPSA) is 114 Å².